The van der Waals surface area contributed by atoms with Crippen LogP contribution in [0.2, 0.25) is 0 Å². The first kappa shape index (κ1) is 12.7. The Morgan fingerprint density at radius 3 is 2.83 bits per heavy atom. The third-order valence-electron chi connectivity index (χ3n) is 3.04. The fourth-order valence-corrected chi connectivity index (χ4v) is 2.09. The molecule has 1 unspecified atom stereocenters. The minimum atomic E-state index is -0.120. The maximum Gasteiger partial charge on any atom is 0.242 e. The second-order valence-corrected chi connectivity index (χ2v) is 4.44. The van der Waals surface area contributed by atoms with E-state index in [0.29, 0.717) is 6.61 Å². The Morgan fingerprint density at radius 2 is 2.11 bits per heavy atom. The minimum Gasteiger partial charge on any atom is -0.494 e. The molecule has 1 aromatic carbocycles. The summed E-state index contributed by atoms with van der Waals surface area (Å²) in [5.41, 5.74) is 0.959. The lowest BCUT2D eigenvalue weighted by Gasteiger charge is -2.16. The van der Waals surface area contributed by atoms with E-state index < -0.39 is 0 Å². The summed E-state index contributed by atoms with van der Waals surface area (Å²) < 4.78 is 5.38. The Bertz CT molecular complexity index is 389. The van der Waals surface area contributed by atoms with Gasteiger partial charge in [0.05, 0.1) is 6.61 Å². The third kappa shape index (κ3) is 3.39. The van der Waals surface area contributed by atoms with E-state index in [2.05, 4.69) is 10.6 Å². The van der Waals surface area contributed by atoms with Crippen molar-refractivity contribution in [2.75, 3.05) is 18.5 Å². The summed E-state index contributed by atoms with van der Waals surface area (Å²) >= 11 is 0. The van der Waals surface area contributed by atoms with E-state index in [1.165, 1.54) is 0 Å². The molecule has 0 spiro atoms. The Kier molecular flexibility index (Phi) is 4.45. The van der Waals surface area contributed by atoms with E-state index >= 15 is 0 Å². The van der Waals surface area contributed by atoms with Crippen LogP contribution in [0.15, 0.2) is 24.3 Å². The first-order valence-electron chi connectivity index (χ1n) is 6.56. The number of anilines is 1. The van der Waals surface area contributed by atoms with Gasteiger partial charge in [0.2, 0.25) is 5.91 Å². The lowest BCUT2D eigenvalue weighted by Crippen LogP contribution is -2.37. The molecule has 2 N–H and O–H groups in total. The first-order valence-corrected chi connectivity index (χ1v) is 6.56. The number of carbonyl (C=O) groups excluding carboxylic acids is 1. The highest BCUT2D eigenvalue weighted by Gasteiger charge is 2.19. The SMILES string of the molecule is CCOc1ccc(NC2CCCCNC2=O)cc1. The van der Waals surface area contributed by atoms with Gasteiger partial charge in [0.25, 0.3) is 0 Å². The molecule has 1 amide bonds. The van der Waals surface area contributed by atoms with Gasteiger partial charge in [-0.15, -0.1) is 0 Å². The first-order chi connectivity index (χ1) is 8.79. The highest BCUT2D eigenvalue weighted by atomic mass is 16.5. The highest BCUT2D eigenvalue weighted by molar-refractivity contribution is 5.84. The molecular weight excluding hydrogens is 228 g/mol. The van der Waals surface area contributed by atoms with Crippen molar-refractivity contribution in [2.24, 2.45) is 0 Å². The van der Waals surface area contributed by atoms with Gasteiger partial charge in [-0.1, -0.05) is 0 Å². The second-order valence-electron chi connectivity index (χ2n) is 4.44. The van der Waals surface area contributed by atoms with Crippen LogP contribution in [0.1, 0.15) is 26.2 Å². The fraction of sp³-hybridized carbons (Fsp3) is 0.500. The van der Waals surface area contributed by atoms with Crippen molar-refractivity contribution < 1.29 is 9.53 Å². The molecule has 1 aliphatic heterocycles. The number of hydrogen-bond donors (Lipinski definition) is 2. The maximum atomic E-state index is 11.8. The number of nitrogens with one attached hydrogen (secondary N) is 2. The van der Waals surface area contributed by atoms with Gasteiger partial charge >= 0.3 is 0 Å². The van der Waals surface area contributed by atoms with Crippen LogP contribution in [0.4, 0.5) is 5.69 Å². The van der Waals surface area contributed by atoms with Gasteiger partial charge in [-0.05, 0) is 50.5 Å². The Hall–Kier alpha value is -1.71. The van der Waals surface area contributed by atoms with Crippen molar-refractivity contribution in [3.8, 4) is 5.75 Å². The molecular formula is C14H20N2O2. The molecule has 1 atom stereocenters. The predicted molar refractivity (Wildman–Crippen MR) is 71.9 cm³/mol. The number of hydrogen-bond acceptors (Lipinski definition) is 3. The van der Waals surface area contributed by atoms with Crippen molar-refractivity contribution in [3.63, 3.8) is 0 Å². The molecule has 2 rings (SSSR count). The Labute approximate surface area is 108 Å². The average Bonchev–Trinajstić information content (AvgIpc) is 2.58. The number of carbonyl (C=O) groups is 1. The zero-order chi connectivity index (χ0) is 12.8. The van der Waals surface area contributed by atoms with Crippen molar-refractivity contribution >= 4 is 11.6 Å². The number of ether oxygens (including phenoxy) is 1. The van der Waals surface area contributed by atoms with Gasteiger partial charge in [0.1, 0.15) is 11.8 Å². The quantitative estimate of drug-likeness (QED) is 0.858. The maximum absolute atomic E-state index is 11.8. The van der Waals surface area contributed by atoms with Crippen LogP contribution < -0.4 is 15.4 Å². The minimum absolute atomic E-state index is 0.0985. The van der Waals surface area contributed by atoms with Crippen molar-refractivity contribution in [1.29, 1.82) is 0 Å². The molecule has 18 heavy (non-hydrogen) atoms. The van der Waals surface area contributed by atoms with Crippen molar-refractivity contribution in [3.05, 3.63) is 24.3 Å². The van der Waals surface area contributed by atoms with E-state index in [-0.39, 0.29) is 11.9 Å². The van der Waals surface area contributed by atoms with Crippen LogP contribution >= 0.6 is 0 Å². The fourth-order valence-electron chi connectivity index (χ4n) is 2.09. The second kappa shape index (κ2) is 6.28. The smallest absolute Gasteiger partial charge is 0.242 e. The normalized spacial score (nSPS) is 19.8. The van der Waals surface area contributed by atoms with Gasteiger partial charge in [0.15, 0.2) is 0 Å². The van der Waals surface area contributed by atoms with Gasteiger partial charge in [0, 0.05) is 12.2 Å². The summed E-state index contributed by atoms with van der Waals surface area (Å²) in [5.74, 6) is 0.953. The summed E-state index contributed by atoms with van der Waals surface area (Å²) in [6.07, 6.45) is 3.03. The molecule has 1 fully saturated rings. The molecule has 0 bridgehead atoms. The Morgan fingerprint density at radius 1 is 1.33 bits per heavy atom. The van der Waals surface area contributed by atoms with Crippen LogP contribution in [-0.2, 0) is 4.79 Å². The van der Waals surface area contributed by atoms with Crippen molar-refractivity contribution in [2.45, 2.75) is 32.2 Å². The van der Waals surface area contributed by atoms with Crippen LogP contribution in [0, 0.1) is 0 Å². The van der Waals surface area contributed by atoms with Crippen LogP contribution in [0.25, 0.3) is 0 Å². The van der Waals surface area contributed by atoms with Gasteiger partial charge < -0.3 is 15.4 Å². The molecule has 0 aromatic heterocycles. The number of amides is 1. The monoisotopic (exact) mass is 248 g/mol. The topological polar surface area (TPSA) is 50.4 Å². The van der Waals surface area contributed by atoms with E-state index in [0.717, 1.165) is 37.2 Å². The summed E-state index contributed by atoms with van der Waals surface area (Å²) in [5, 5.41) is 6.19. The van der Waals surface area contributed by atoms with Gasteiger partial charge in [-0.3, -0.25) is 4.79 Å². The average molecular weight is 248 g/mol. The molecule has 1 saturated heterocycles. The van der Waals surface area contributed by atoms with E-state index in [1.54, 1.807) is 0 Å². The molecule has 1 aliphatic rings. The van der Waals surface area contributed by atoms with Crippen molar-refractivity contribution in [1.82, 2.24) is 5.32 Å². The van der Waals surface area contributed by atoms with E-state index in [4.69, 9.17) is 4.74 Å². The van der Waals surface area contributed by atoms with E-state index in [9.17, 15) is 4.79 Å². The van der Waals surface area contributed by atoms with Crippen LogP contribution in [-0.4, -0.2) is 25.1 Å². The van der Waals surface area contributed by atoms with Crippen LogP contribution in [0.5, 0.6) is 5.75 Å². The lowest BCUT2D eigenvalue weighted by atomic mass is 10.1. The van der Waals surface area contributed by atoms with Gasteiger partial charge in [-0.25, -0.2) is 0 Å². The zero-order valence-corrected chi connectivity index (χ0v) is 10.7. The summed E-state index contributed by atoms with van der Waals surface area (Å²) in [7, 11) is 0. The zero-order valence-electron chi connectivity index (χ0n) is 10.7. The predicted octanol–water partition coefficient (Wildman–Crippen LogP) is 2.17. The molecule has 0 radical (unpaired) electrons. The number of rotatable bonds is 4. The molecule has 0 aliphatic carbocycles. The Balaban J connectivity index is 1.97. The van der Waals surface area contributed by atoms with E-state index in [1.807, 2.05) is 31.2 Å². The standard InChI is InChI=1S/C14H20N2O2/c1-2-18-12-8-6-11(7-9-12)16-13-5-3-4-10-15-14(13)17/h6-9,13,16H,2-5,10H2,1H3,(H,15,17). The number of benzene rings is 1. The molecule has 98 valence electrons. The summed E-state index contributed by atoms with van der Waals surface area (Å²) in [6.45, 7) is 3.42. The molecule has 4 heteroatoms. The third-order valence-corrected chi connectivity index (χ3v) is 3.04. The van der Waals surface area contributed by atoms with Gasteiger partial charge in [-0.2, -0.15) is 0 Å². The molecule has 0 saturated carbocycles. The largest absolute Gasteiger partial charge is 0.494 e. The molecule has 1 heterocycles. The summed E-state index contributed by atoms with van der Waals surface area (Å²) in [6, 6.07) is 7.61. The lowest BCUT2D eigenvalue weighted by molar-refractivity contribution is -0.121. The molecule has 1 aromatic rings. The van der Waals surface area contributed by atoms with Crippen LogP contribution in [0.3, 0.4) is 0 Å². The summed E-state index contributed by atoms with van der Waals surface area (Å²) in [4.78, 5) is 11.8. The molecule has 4 nitrogen and oxygen atoms in total. The highest BCUT2D eigenvalue weighted by Crippen LogP contribution is 2.18.